The van der Waals surface area contributed by atoms with E-state index in [0.29, 0.717) is 5.92 Å². The molecule has 1 aliphatic heterocycles. The second kappa shape index (κ2) is 4.91. The fourth-order valence-electron chi connectivity index (χ4n) is 2.71. The van der Waals surface area contributed by atoms with Gasteiger partial charge in [-0.05, 0) is 25.3 Å². The van der Waals surface area contributed by atoms with Crippen molar-refractivity contribution in [3.05, 3.63) is 24.3 Å². The Hall–Kier alpha value is -0.960. The molecule has 1 fully saturated rings. The molecule has 3 nitrogen and oxygen atoms in total. The van der Waals surface area contributed by atoms with Crippen molar-refractivity contribution in [1.29, 1.82) is 0 Å². The highest BCUT2D eigenvalue weighted by Gasteiger charge is 2.36. The fraction of sp³-hybridized carbons (Fsp3) is 0.692. The minimum atomic E-state index is 0.0811. The topological polar surface area (TPSA) is 37.8 Å². The average molecular weight is 219 g/mol. The number of hydrogen-bond donors (Lipinski definition) is 1. The van der Waals surface area contributed by atoms with E-state index in [4.69, 9.17) is 0 Å². The Labute approximate surface area is 97.7 Å². The highest BCUT2D eigenvalue weighted by atomic mass is 15.0. The van der Waals surface area contributed by atoms with Gasteiger partial charge in [0, 0.05) is 23.5 Å². The highest BCUT2D eigenvalue weighted by molar-refractivity contribution is 5.19. The average Bonchev–Trinajstić information content (AvgIpc) is 2.56. The Morgan fingerprint density at radius 3 is 2.62 bits per heavy atom. The molecule has 0 amide bonds. The lowest BCUT2D eigenvalue weighted by Gasteiger charge is -2.37. The molecule has 0 aliphatic carbocycles. The van der Waals surface area contributed by atoms with Gasteiger partial charge in [0.1, 0.15) is 6.33 Å². The van der Waals surface area contributed by atoms with Crippen LogP contribution < -0.4 is 5.32 Å². The molecule has 2 rings (SSSR count). The molecule has 1 saturated heterocycles. The van der Waals surface area contributed by atoms with Crippen molar-refractivity contribution >= 4 is 0 Å². The van der Waals surface area contributed by atoms with Gasteiger partial charge in [-0.2, -0.15) is 0 Å². The maximum Gasteiger partial charge on any atom is 0.115 e. The Kier molecular flexibility index (Phi) is 3.54. The van der Waals surface area contributed by atoms with Crippen LogP contribution in [0.1, 0.15) is 45.1 Å². The van der Waals surface area contributed by atoms with Crippen molar-refractivity contribution < 1.29 is 0 Å². The summed E-state index contributed by atoms with van der Waals surface area (Å²) in [6.07, 6.45) is 10.6. The lowest BCUT2D eigenvalue weighted by molar-refractivity contribution is 0.229. The van der Waals surface area contributed by atoms with Crippen molar-refractivity contribution in [3.63, 3.8) is 0 Å². The van der Waals surface area contributed by atoms with Crippen molar-refractivity contribution in [2.24, 2.45) is 5.92 Å². The lowest BCUT2D eigenvalue weighted by atomic mass is 9.78. The van der Waals surface area contributed by atoms with Gasteiger partial charge in [0.05, 0.1) is 0 Å². The van der Waals surface area contributed by atoms with Crippen LogP contribution in [0.4, 0.5) is 0 Å². The molecule has 1 aromatic rings. The molecule has 1 unspecified atom stereocenters. The first-order valence-corrected chi connectivity index (χ1v) is 6.26. The molecule has 1 N–H and O–H groups in total. The monoisotopic (exact) mass is 219 g/mol. The standard InChI is InChI=1S/C13H21N3/c1-11(2)13(6-4-3-5-7-16-13)12-8-14-10-15-9-12/h8-11,16H,3-7H2,1-2H3. The normalized spacial score (nSPS) is 26.7. The van der Waals surface area contributed by atoms with Gasteiger partial charge in [0.2, 0.25) is 0 Å². The Bertz CT molecular complexity index is 313. The summed E-state index contributed by atoms with van der Waals surface area (Å²) in [6.45, 7) is 5.67. The SMILES string of the molecule is CC(C)C1(c2cncnc2)CCCCCN1. The summed E-state index contributed by atoms with van der Waals surface area (Å²) in [5.74, 6) is 0.566. The second-order valence-corrected chi connectivity index (χ2v) is 4.99. The van der Waals surface area contributed by atoms with Gasteiger partial charge < -0.3 is 5.32 Å². The highest BCUT2D eigenvalue weighted by Crippen LogP contribution is 2.35. The van der Waals surface area contributed by atoms with Crippen LogP contribution in [0.5, 0.6) is 0 Å². The summed E-state index contributed by atoms with van der Waals surface area (Å²) >= 11 is 0. The van der Waals surface area contributed by atoms with Gasteiger partial charge in [-0.1, -0.05) is 26.7 Å². The van der Waals surface area contributed by atoms with Gasteiger partial charge in [0.25, 0.3) is 0 Å². The van der Waals surface area contributed by atoms with Crippen LogP contribution in [0.2, 0.25) is 0 Å². The number of rotatable bonds is 2. The van der Waals surface area contributed by atoms with Gasteiger partial charge in [0.15, 0.2) is 0 Å². The zero-order valence-corrected chi connectivity index (χ0v) is 10.2. The number of nitrogens with one attached hydrogen (secondary N) is 1. The maximum atomic E-state index is 4.17. The minimum Gasteiger partial charge on any atom is -0.307 e. The van der Waals surface area contributed by atoms with E-state index < -0.39 is 0 Å². The van der Waals surface area contributed by atoms with Crippen LogP contribution >= 0.6 is 0 Å². The molecule has 1 aromatic heterocycles. The molecule has 3 heteroatoms. The van der Waals surface area contributed by atoms with Crippen LogP contribution in [0.15, 0.2) is 18.7 Å². The summed E-state index contributed by atoms with van der Waals surface area (Å²) in [4.78, 5) is 8.33. The summed E-state index contributed by atoms with van der Waals surface area (Å²) in [7, 11) is 0. The molecule has 1 aliphatic rings. The minimum absolute atomic E-state index is 0.0811. The van der Waals surface area contributed by atoms with Crippen LogP contribution in [-0.4, -0.2) is 16.5 Å². The summed E-state index contributed by atoms with van der Waals surface area (Å²) in [6, 6.07) is 0. The Morgan fingerprint density at radius 1 is 1.19 bits per heavy atom. The van der Waals surface area contributed by atoms with Crippen LogP contribution in [0, 0.1) is 5.92 Å². The van der Waals surface area contributed by atoms with Crippen molar-refractivity contribution in [2.75, 3.05) is 6.54 Å². The van der Waals surface area contributed by atoms with E-state index in [-0.39, 0.29) is 5.54 Å². The molecule has 88 valence electrons. The molecule has 1 atom stereocenters. The molecule has 0 aromatic carbocycles. The predicted octanol–water partition coefficient (Wildman–Crippen LogP) is 2.49. The van der Waals surface area contributed by atoms with Crippen LogP contribution in [0.3, 0.4) is 0 Å². The lowest BCUT2D eigenvalue weighted by Crippen LogP contribution is -2.46. The van der Waals surface area contributed by atoms with Gasteiger partial charge in [-0.3, -0.25) is 0 Å². The predicted molar refractivity (Wildman–Crippen MR) is 65.0 cm³/mol. The molecule has 16 heavy (non-hydrogen) atoms. The van der Waals surface area contributed by atoms with E-state index >= 15 is 0 Å². The summed E-state index contributed by atoms with van der Waals surface area (Å²) in [5.41, 5.74) is 1.32. The first-order valence-electron chi connectivity index (χ1n) is 6.26. The third-order valence-electron chi connectivity index (χ3n) is 3.75. The smallest absolute Gasteiger partial charge is 0.115 e. The van der Waals surface area contributed by atoms with Crippen molar-refractivity contribution in [2.45, 2.75) is 45.1 Å². The molecule has 0 radical (unpaired) electrons. The van der Waals surface area contributed by atoms with E-state index in [9.17, 15) is 0 Å². The maximum absolute atomic E-state index is 4.17. The Morgan fingerprint density at radius 2 is 1.94 bits per heavy atom. The summed E-state index contributed by atoms with van der Waals surface area (Å²) < 4.78 is 0. The van der Waals surface area contributed by atoms with E-state index in [1.165, 1.54) is 31.2 Å². The van der Waals surface area contributed by atoms with Crippen molar-refractivity contribution in [3.8, 4) is 0 Å². The van der Waals surface area contributed by atoms with E-state index in [1.54, 1.807) is 6.33 Å². The largest absolute Gasteiger partial charge is 0.307 e. The second-order valence-electron chi connectivity index (χ2n) is 4.99. The van der Waals surface area contributed by atoms with Crippen molar-refractivity contribution in [1.82, 2.24) is 15.3 Å². The first kappa shape index (κ1) is 11.5. The number of nitrogens with zero attached hydrogens (tertiary/aromatic N) is 2. The van der Waals surface area contributed by atoms with Crippen LogP contribution in [0.25, 0.3) is 0 Å². The van der Waals surface area contributed by atoms with E-state index in [2.05, 4.69) is 29.1 Å². The molecule has 0 saturated carbocycles. The molecule has 0 bridgehead atoms. The zero-order valence-electron chi connectivity index (χ0n) is 10.2. The van der Waals surface area contributed by atoms with E-state index in [1.807, 2.05) is 12.4 Å². The number of hydrogen-bond acceptors (Lipinski definition) is 3. The molecular weight excluding hydrogens is 198 g/mol. The van der Waals surface area contributed by atoms with Gasteiger partial charge in [-0.15, -0.1) is 0 Å². The molecular formula is C13H21N3. The first-order chi connectivity index (χ1) is 7.76. The summed E-state index contributed by atoms with van der Waals surface area (Å²) in [5, 5.41) is 3.73. The zero-order chi connectivity index (χ0) is 11.4. The molecule has 2 heterocycles. The van der Waals surface area contributed by atoms with Crippen LogP contribution in [-0.2, 0) is 5.54 Å². The third-order valence-corrected chi connectivity index (χ3v) is 3.75. The third kappa shape index (κ3) is 2.09. The molecule has 0 spiro atoms. The van der Waals surface area contributed by atoms with Gasteiger partial charge in [-0.25, -0.2) is 9.97 Å². The van der Waals surface area contributed by atoms with E-state index in [0.717, 1.165) is 6.54 Å². The fourth-order valence-corrected chi connectivity index (χ4v) is 2.71. The quantitative estimate of drug-likeness (QED) is 0.830. The van der Waals surface area contributed by atoms with Gasteiger partial charge >= 0.3 is 0 Å². The Balaban J connectivity index is 2.34. The number of aromatic nitrogens is 2.